The lowest BCUT2D eigenvalue weighted by atomic mass is 9.74. The van der Waals surface area contributed by atoms with Crippen LogP contribution in [0.15, 0.2) is 12.3 Å². The standard InChI is InChI=1S/C15H19N3OS/c1-15(2)7-9-12(11(19)8-15)14(18(3)4)20-13(9)10-5-6-16-17-10/h5-6H,7-8H2,1-4H3,(H,16,17). The molecule has 106 valence electrons. The third-order valence-electron chi connectivity index (χ3n) is 3.70. The van der Waals surface area contributed by atoms with Crippen molar-refractivity contribution in [1.82, 2.24) is 10.2 Å². The summed E-state index contributed by atoms with van der Waals surface area (Å²) in [5.41, 5.74) is 3.05. The molecule has 4 nitrogen and oxygen atoms in total. The van der Waals surface area contributed by atoms with Gasteiger partial charge in [0, 0.05) is 26.7 Å². The van der Waals surface area contributed by atoms with Crippen molar-refractivity contribution in [2.45, 2.75) is 26.7 Å². The fourth-order valence-electron chi connectivity index (χ4n) is 2.88. The number of hydrogen-bond donors (Lipinski definition) is 1. The molecule has 5 heteroatoms. The van der Waals surface area contributed by atoms with Crippen LogP contribution in [0.5, 0.6) is 0 Å². The Morgan fingerprint density at radius 1 is 1.35 bits per heavy atom. The Morgan fingerprint density at radius 3 is 2.70 bits per heavy atom. The molecule has 0 unspecified atom stereocenters. The van der Waals surface area contributed by atoms with E-state index in [2.05, 4.69) is 24.0 Å². The highest BCUT2D eigenvalue weighted by atomic mass is 32.1. The van der Waals surface area contributed by atoms with E-state index in [9.17, 15) is 4.79 Å². The van der Waals surface area contributed by atoms with E-state index < -0.39 is 0 Å². The minimum absolute atomic E-state index is 0.0276. The predicted molar refractivity (Wildman–Crippen MR) is 82.7 cm³/mol. The molecule has 1 aliphatic rings. The second kappa shape index (κ2) is 4.45. The van der Waals surface area contributed by atoms with Crippen LogP contribution in [-0.2, 0) is 6.42 Å². The number of fused-ring (bicyclic) bond motifs is 1. The van der Waals surface area contributed by atoms with Gasteiger partial charge in [0.1, 0.15) is 10.7 Å². The second-order valence-electron chi connectivity index (χ2n) is 6.38. The average Bonchev–Trinajstić information content (AvgIpc) is 2.92. The zero-order valence-corrected chi connectivity index (χ0v) is 13.1. The molecular formula is C15H19N3OS. The Morgan fingerprint density at radius 2 is 2.10 bits per heavy atom. The molecule has 2 aromatic heterocycles. The molecule has 0 saturated carbocycles. The van der Waals surface area contributed by atoms with E-state index in [-0.39, 0.29) is 11.2 Å². The number of Topliss-reactive ketones (excluding diaryl/α,β-unsaturated/α-hetero) is 1. The topological polar surface area (TPSA) is 49.0 Å². The molecule has 0 bridgehead atoms. The van der Waals surface area contributed by atoms with Gasteiger partial charge in [-0.3, -0.25) is 9.89 Å². The predicted octanol–water partition coefficient (Wildman–Crippen LogP) is 3.36. The lowest BCUT2D eigenvalue weighted by molar-refractivity contribution is 0.0914. The molecular weight excluding hydrogens is 270 g/mol. The molecule has 20 heavy (non-hydrogen) atoms. The van der Waals surface area contributed by atoms with Gasteiger partial charge in [-0.2, -0.15) is 5.10 Å². The van der Waals surface area contributed by atoms with Crippen LogP contribution in [0, 0.1) is 5.41 Å². The van der Waals surface area contributed by atoms with Gasteiger partial charge >= 0.3 is 0 Å². The van der Waals surface area contributed by atoms with Gasteiger partial charge in [0.25, 0.3) is 0 Å². The van der Waals surface area contributed by atoms with Crippen molar-refractivity contribution in [3.05, 3.63) is 23.4 Å². The van der Waals surface area contributed by atoms with E-state index in [0.29, 0.717) is 6.42 Å². The van der Waals surface area contributed by atoms with E-state index >= 15 is 0 Å². The van der Waals surface area contributed by atoms with Crippen LogP contribution in [0.25, 0.3) is 10.6 Å². The first kappa shape index (κ1) is 13.4. The summed E-state index contributed by atoms with van der Waals surface area (Å²) < 4.78 is 0. The van der Waals surface area contributed by atoms with Gasteiger partial charge in [-0.15, -0.1) is 11.3 Å². The first-order valence-electron chi connectivity index (χ1n) is 6.75. The minimum atomic E-state index is 0.0276. The largest absolute Gasteiger partial charge is 0.369 e. The summed E-state index contributed by atoms with van der Waals surface area (Å²) in [6, 6.07) is 1.97. The minimum Gasteiger partial charge on any atom is -0.369 e. The molecule has 2 heterocycles. The number of nitrogens with one attached hydrogen (secondary N) is 1. The number of rotatable bonds is 2. The number of aromatic nitrogens is 2. The van der Waals surface area contributed by atoms with Gasteiger partial charge in [-0.05, 0) is 23.5 Å². The normalized spacial score (nSPS) is 17.1. The maximum atomic E-state index is 12.6. The number of aromatic amines is 1. The van der Waals surface area contributed by atoms with Crippen LogP contribution in [0.2, 0.25) is 0 Å². The number of carbonyl (C=O) groups excluding carboxylic acids is 1. The fourth-order valence-corrected chi connectivity index (χ4v) is 4.11. The summed E-state index contributed by atoms with van der Waals surface area (Å²) >= 11 is 1.67. The third kappa shape index (κ3) is 2.06. The first-order chi connectivity index (χ1) is 9.39. The number of carbonyl (C=O) groups is 1. The number of anilines is 1. The monoisotopic (exact) mass is 289 g/mol. The van der Waals surface area contributed by atoms with E-state index in [1.807, 2.05) is 31.3 Å². The molecule has 0 saturated heterocycles. The smallest absolute Gasteiger partial charge is 0.166 e. The number of hydrogen-bond acceptors (Lipinski definition) is 4. The highest BCUT2D eigenvalue weighted by Gasteiger charge is 2.37. The van der Waals surface area contributed by atoms with Crippen molar-refractivity contribution >= 4 is 22.1 Å². The van der Waals surface area contributed by atoms with Gasteiger partial charge in [0.05, 0.1) is 10.4 Å². The van der Waals surface area contributed by atoms with Crippen LogP contribution >= 0.6 is 11.3 Å². The molecule has 0 aliphatic heterocycles. The zero-order valence-electron chi connectivity index (χ0n) is 12.3. The van der Waals surface area contributed by atoms with Crippen molar-refractivity contribution < 1.29 is 4.79 Å². The number of H-pyrrole nitrogens is 1. The maximum Gasteiger partial charge on any atom is 0.166 e. The van der Waals surface area contributed by atoms with Gasteiger partial charge in [0.2, 0.25) is 0 Å². The first-order valence-corrected chi connectivity index (χ1v) is 7.57. The lowest BCUT2D eigenvalue weighted by Crippen LogP contribution is -2.27. The Bertz CT molecular complexity index is 653. The van der Waals surface area contributed by atoms with Crippen LogP contribution < -0.4 is 4.90 Å². The second-order valence-corrected chi connectivity index (χ2v) is 7.38. The Balaban J connectivity index is 2.23. The van der Waals surface area contributed by atoms with Crippen molar-refractivity contribution in [3.63, 3.8) is 0 Å². The van der Waals surface area contributed by atoms with Crippen LogP contribution in [-0.4, -0.2) is 30.1 Å². The fraction of sp³-hybridized carbons (Fsp3) is 0.467. The van der Waals surface area contributed by atoms with Gasteiger partial charge in [0.15, 0.2) is 5.78 Å². The van der Waals surface area contributed by atoms with Crippen LogP contribution in [0.1, 0.15) is 36.2 Å². The van der Waals surface area contributed by atoms with Gasteiger partial charge < -0.3 is 4.90 Å². The molecule has 0 atom stereocenters. The molecule has 3 rings (SSSR count). The van der Waals surface area contributed by atoms with E-state index in [0.717, 1.165) is 27.6 Å². The molecule has 0 radical (unpaired) electrons. The van der Waals surface area contributed by atoms with E-state index in [1.54, 1.807) is 11.3 Å². The summed E-state index contributed by atoms with van der Waals surface area (Å²) in [6.07, 6.45) is 3.38. The number of nitrogens with zero attached hydrogens (tertiary/aromatic N) is 2. The Labute approximate surface area is 122 Å². The maximum absolute atomic E-state index is 12.6. The van der Waals surface area contributed by atoms with Gasteiger partial charge in [-0.25, -0.2) is 0 Å². The molecule has 0 spiro atoms. The van der Waals surface area contributed by atoms with Crippen molar-refractivity contribution in [1.29, 1.82) is 0 Å². The average molecular weight is 289 g/mol. The van der Waals surface area contributed by atoms with Crippen molar-refractivity contribution in [3.8, 4) is 10.6 Å². The number of thiophene rings is 1. The zero-order chi connectivity index (χ0) is 14.5. The molecule has 2 aromatic rings. The highest BCUT2D eigenvalue weighted by Crippen LogP contribution is 2.48. The molecule has 1 N–H and O–H groups in total. The summed E-state index contributed by atoms with van der Waals surface area (Å²) in [7, 11) is 3.99. The molecule has 0 aromatic carbocycles. The van der Waals surface area contributed by atoms with E-state index in [1.165, 1.54) is 5.56 Å². The van der Waals surface area contributed by atoms with Crippen LogP contribution in [0.4, 0.5) is 5.00 Å². The summed E-state index contributed by atoms with van der Waals surface area (Å²) in [5, 5.41) is 8.21. The molecule has 0 fully saturated rings. The quantitative estimate of drug-likeness (QED) is 0.922. The Hall–Kier alpha value is -1.62. The Kier molecular flexibility index (Phi) is 2.97. The lowest BCUT2D eigenvalue weighted by Gasteiger charge is -2.30. The summed E-state index contributed by atoms with van der Waals surface area (Å²) in [4.78, 5) is 15.7. The molecule has 1 aliphatic carbocycles. The van der Waals surface area contributed by atoms with Crippen LogP contribution in [0.3, 0.4) is 0 Å². The van der Waals surface area contributed by atoms with E-state index in [4.69, 9.17) is 0 Å². The summed E-state index contributed by atoms with van der Waals surface area (Å²) in [5.74, 6) is 0.262. The third-order valence-corrected chi connectivity index (χ3v) is 5.12. The SMILES string of the molecule is CN(C)c1sc(-c2cc[nH]n2)c2c1C(=O)CC(C)(C)C2. The molecule has 0 amide bonds. The van der Waals surface area contributed by atoms with Crippen molar-refractivity contribution in [2.75, 3.05) is 19.0 Å². The van der Waals surface area contributed by atoms with Crippen molar-refractivity contribution in [2.24, 2.45) is 5.41 Å². The highest BCUT2D eigenvalue weighted by molar-refractivity contribution is 7.20. The van der Waals surface area contributed by atoms with Gasteiger partial charge in [-0.1, -0.05) is 13.8 Å². The number of ketones is 1. The summed E-state index contributed by atoms with van der Waals surface area (Å²) in [6.45, 7) is 4.32.